The van der Waals surface area contributed by atoms with E-state index in [4.69, 9.17) is 0 Å². The zero-order chi connectivity index (χ0) is 20.1. The van der Waals surface area contributed by atoms with Gasteiger partial charge in [-0.2, -0.15) is 0 Å². The van der Waals surface area contributed by atoms with Crippen molar-refractivity contribution in [1.29, 1.82) is 0 Å². The van der Waals surface area contributed by atoms with Gasteiger partial charge in [-0.1, -0.05) is 0 Å². The van der Waals surface area contributed by atoms with Crippen LogP contribution in [0, 0.1) is 0 Å². The molecule has 0 bridgehead atoms. The van der Waals surface area contributed by atoms with Crippen LogP contribution in [0.1, 0.15) is 29.3 Å². The number of phenolic OH excluding ortho intramolecular Hbond substituents is 1. The average Bonchev–Trinajstić information content (AvgIpc) is 2.68. The van der Waals surface area contributed by atoms with E-state index in [-0.39, 0.29) is 11.7 Å². The van der Waals surface area contributed by atoms with Gasteiger partial charge in [-0.3, -0.25) is 0 Å². The van der Waals surface area contributed by atoms with E-state index in [1.54, 1.807) is 18.2 Å². The molecule has 4 heteroatoms. The summed E-state index contributed by atoms with van der Waals surface area (Å²) < 4.78 is 0. The van der Waals surface area contributed by atoms with E-state index in [0.717, 1.165) is 17.7 Å². The molecule has 0 saturated carbocycles. The van der Waals surface area contributed by atoms with E-state index in [2.05, 4.69) is 55.7 Å². The summed E-state index contributed by atoms with van der Waals surface area (Å²) in [6.07, 6.45) is 10.2. The molecule has 1 aliphatic carbocycles. The van der Waals surface area contributed by atoms with Crippen molar-refractivity contribution in [1.82, 2.24) is 0 Å². The second-order valence-electron chi connectivity index (χ2n) is 7.77. The summed E-state index contributed by atoms with van der Waals surface area (Å²) in [6, 6.07) is 14.3. The van der Waals surface area contributed by atoms with Crippen molar-refractivity contribution < 1.29 is 9.90 Å². The fourth-order valence-electron chi connectivity index (χ4n) is 3.54. The van der Waals surface area contributed by atoms with E-state index >= 15 is 0 Å². The summed E-state index contributed by atoms with van der Waals surface area (Å²) in [7, 11) is -1.44. The van der Waals surface area contributed by atoms with Crippen molar-refractivity contribution in [2.24, 2.45) is 0 Å². The van der Waals surface area contributed by atoms with Gasteiger partial charge in [0.2, 0.25) is 0 Å². The van der Waals surface area contributed by atoms with Crippen LogP contribution in [-0.4, -0.2) is 30.0 Å². The monoisotopic (exact) mass is 393 g/mol. The zero-order valence-corrected chi connectivity index (χ0v) is 17.6. The van der Waals surface area contributed by atoms with Crippen LogP contribution in [0.5, 0.6) is 5.75 Å². The third kappa shape index (κ3) is 4.79. The van der Waals surface area contributed by atoms with Gasteiger partial charge in [0.25, 0.3) is 0 Å². The number of amides is 1. The number of phenols is 1. The van der Waals surface area contributed by atoms with Crippen LogP contribution in [0.3, 0.4) is 0 Å². The molecule has 0 aromatic heterocycles. The van der Waals surface area contributed by atoms with Crippen molar-refractivity contribution >= 4 is 24.4 Å². The van der Waals surface area contributed by atoms with Gasteiger partial charge in [-0.25, -0.2) is 0 Å². The predicted octanol–water partition coefficient (Wildman–Crippen LogP) is 5.90. The molecular formula is C24H28NO2P. The molecule has 3 rings (SSSR count). The Morgan fingerprint density at radius 2 is 1.93 bits per heavy atom. The molecular weight excluding hydrogens is 365 g/mol. The molecule has 1 amide bonds. The first-order chi connectivity index (χ1) is 13.4. The standard InChI is InChI=1S/C24H28NO2P/c1-4-15-28(2,3)23-10-6-7-19(17-23)18-11-13-21(14-12-18)25-24(27)20-8-5-9-22(26)16-20/h4-9,11-17,23,26,28H,10H2,1-3H3,(H,25,27). The quantitative estimate of drug-likeness (QED) is 0.622. The molecule has 2 aromatic rings. The minimum atomic E-state index is -1.44. The first-order valence-electron chi connectivity index (χ1n) is 9.62. The molecule has 0 heterocycles. The van der Waals surface area contributed by atoms with Crippen molar-refractivity contribution in [3.63, 3.8) is 0 Å². The molecule has 0 aliphatic heterocycles. The Balaban J connectivity index is 1.74. The minimum absolute atomic E-state index is 0.0815. The van der Waals surface area contributed by atoms with Gasteiger partial charge in [-0.05, 0) is 6.07 Å². The fraction of sp³-hybridized carbons (Fsp3) is 0.208. The molecule has 2 aromatic carbocycles. The summed E-state index contributed by atoms with van der Waals surface area (Å²) >= 11 is 0. The van der Waals surface area contributed by atoms with Crippen molar-refractivity contribution in [3.8, 4) is 5.75 Å². The van der Waals surface area contributed by atoms with E-state index in [1.165, 1.54) is 11.6 Å². The maximum absolute atomic E-state index is 12.3. The molecule has 0 radical (unpaired) electrons. The number of anilines is 1. The van der Waals surface area contributed by atoms with Gasteiger partial charge in [0.15, 0.2) is 0 Å². The Labute approximate surface area is 167 Å². The summed E-state index contributed by atoms with van der Waals surface area (Å²) in [5.74, 6) is 2.25. The molecule has 0 saturated heterocycles. The number of nitrogens with one attached hydrogen (secondary N) is 1. The van der Waals surface area contributed by atoms with E-state index in [9.17, 15) is 9.90 Å². The summed E-state index contributed by atoms with van der Waals surface area (Å²) in [6.45, 7) is 6.91. The van der Waals surface area contributed by atoms with Gasteiger partial charge >= 0.3 is 156 Å². The number of rotatable bonds is 5. The Hall–Kier alpha value is -2.64. The van der Waals surface area contributed by atoms with E-state index in [0.29, 0.717) is 11.2 Å². The third-order valence-electron chi connectivity index (χ3n) is 5.20. The zero-order valence-electron chi connectivity index (χ0n) is 16.6. The topological polar surface area (TPSA) is 49.3 Å². The van der Waals surface area contributed by atoms with Gasteiger partial charge in [0.1, 0.15) is 0 Å². The van der Waals surface area contributed by atoms with Crippen LogP contribution in [0.25, 0.3) is 5.57 Å². The molecule has 1 atom stereocenters. The van der Waals surface area contributed by atoms with E-state index < -0.39 is 7.26 Å². The maximum atomic E-state index is 12.3. The van der Waals surface area contributed by atoms with Crippen LogP contribution >= 0.6 is 7.26 Å². The van der Waals surface area contributed by atoms with Crippen LogP contribution in [0.2, 0.25) is 0 Å². The number of hydrogen-bond donors (Lipinski definition) is 2. The molecule has 1 aliphatic rings. The number of carbonyl (C=O) groups excluding carboxylic acids is 1. The van der Waals surface area contributed by atoms with Crippen molar-refractivity contribution in [3.05, 3.63) is 89.8 Å². The number of hydrogen-bond acceptors (Lipinski definition) is 2. The Morgan fingerprint density at radius 1 is 1.18 bits per heavy atom. The first kappa shape index (κ1) is 20.1. The first-order valence-corrected chi connectivity index (χ1v) is 12.8. The summed E-state index contributed by atoms with van der Waals surface area (Å²) in [5.41, 5.74) is 4.15. The van der Waals surface area contributed by atoms with Gasteiger partial charge in [0.05, 0.1) is 0 Å². The number of aromatic hydroxyl groups is 1. The van der Waals surface area contributed by atoms with Crippen LogP contribution in [0.4, 0.5) is 5.69 Å². The molecule has 2 N–H and O–H groups in total. The number of allylic oxidation sites excluding steroid dienone is 5. The van der Waals surface area contributed by atoms with Crippen molar-refractivity contribution in [2.75, 3.05) is 18.6 Å². The van der Waals surface area contributed by atoms with Crippen LogP contribution in [-0.2, 0) is 0 Å². The van der Waals surface area contributed by atoms with Crippen molar-refractivity contribution in [2.45, 2.75) is 19.0 Å². The molecule has 1 unspecified atom stereocenters. The van der Waals surface area contributed by atoms with Gasteiger partial charge in [-0.15, -0.1) is 0 Å². The SMILES string of the molecule is CC=C[PH](C)(C)C1C=C(c2ccc(NC(=O)c3cccc(O)c3)cc2)C=CC1. The van der Waals surface area contributed by atoms with Gasteiger partial charge < -0.3 is 5.11 Å². The number of carbonyl (C=O) groups is 1. The van der Waals surface area contributed by atoms with Crippen LogP contribution in [0.15, 0.2) is 78.7 Å². The molecule has 146 valence electrons. The Bertz CT molecular complexity index is 939. The normalized spacial score (nSPS) is 17.4. The predicted molar refractivity (Wildman–Crippen MR) is 123 cm³/mol. The Kier molecular flexibility index (Phi) is 6.16. The molecule has 0 spiro atoms. The molecule has 0 fully saturated rings. The number of benzene rings is 2. The fourth-order valence-corrected chi connectivity index (χ4v) is 6.00. The average molecular weight is 393 g/mol. The van der Waals surface area contributed by atoms with E-state index in [1.807, 2.05) is 24.3 Å². The summed E-state index contributed by atoms with van der Waals surface area (Å²) in [4.78, 5) is 12.3. The summed E-state index contributed by atoms with van der Waals surface area (Å²) in [5, 5.41) is 12.4. The second kappa shape index (κ2) is 8.58. The third-order valence-corrected chi connectivity index (χ3v) is 8.71. The van der Waals surface area contributed by atoms with Crippen LogP contribution < -0.4 is 5.32 Å². The molecule has 28 heavy (non-hydrogen) atoms. The second-order valence-corrected chi connectivity index (χ2v) is 12.5. The Morgan fingerprint density at radius 3 is 2.61 bits per heavy atom. The van der Waals surface area contributed by atoms with Gasteiger partial charge in [0, 0.05) is 0 Å². The molecule has 3 nitrogen and oxygen atoms in total.